The van der Waals surface area contributed by atoms with Crippen LogP contribution in [0.15, 0.2) is 0 Å². The van der Waals surface area contributed by atoms with Gasteiger partial charge >= 0.3 is 0 Å². The molecule has 0 radical (unpaired) electrons. The zero-order chi connectivity index (χ0) is 10.4. The Morgan fingerprint density at radius 2 is 2.07 bits per heavy atom. The Hall–Kier alpha value is -0.240. The van der Waals surface area contributed by atoms with Gasteiger partial charge in [0.2, 0.25) is 5.91 Å². The Balaban J connectivity index is 2.30. The van der Waals surface area contributed by atoms with E-state index in [1.807, 2.05) is 11.8 Å². The largest absolute Gasteiger partial charge is 0.342 e. The summed E-state index contributed by atoms with van der Waals surface area (Å²) in [5.41, 5.74) is 0. The van der Waals surface area contributed by atoms with E-state index < -0.39 is 0 Å². The molecule has 0 N–H and O–H groups in total. The van der Waals surface area contributed by atoms with Crippen LogP contribution in [0.3, 0.4) is 0 Å². The van der Waals surface area contributed by atoms with Gasteiger partial charge in [0, 0.05) is 25.4 Å². The van der Waals surface area contributed by atoms with Gasteiger partial charge in [0.1, 0.15) is 0 Å². The van der Waals surface area contributed by atoms with E-state index in [0.717, 1.165) is 13.0 Å². The molecule has 0 aromatic carbocycles. The summed E-state index contributed by atoms with van der Waals surface area (Å²) < 4.78 is 0. The van der Waals surface area contributed by atoms with E-state index in [9.17, 15) is 4.79 Å². The van der Waals surface area contributed by atoms with Crippen molar-refractivity contribution < 1.29 is 4.79 Å². The van der Waals surface area contributed by atoms with Crippen molar-refractivity contribution >= 4 is 17.5 Å². The van der Waals surface area contributed by atoms with Crippen LogP contribution in [-0.2, 0) is 4.79 Å². The fraction of sp³-hybridized carbons (Fsp3) is 0.909. The van der Waals surface area contributed by atoms with Crippen LogP contribution in [0.1, 0.15) is 39.0 Å². The summed E-state index contributed by atoms with van der Waals surface area (Å²) in [6.07, 6.45) is 5.83. The number of nitrogens with zero attached hydrogens (tertiary/aromatic N) is 1. The topological polar surface area (TPSA) is 20.3 Å². The lowest BCUT2D eigenvalue weighted by molar-refractivity contribution is -0.131. The van der Waals surface area contributed by atoms with Gasteiger partial charge in [0.15, 0.2) is 0 Å². The van der Waals surface area contributed by atoms with Crippen molar-refractivity contribution in [3.05, 3.63) is 0 Å². The lowest BCUT2D eigenvalue weighted by Crippen LogP contribution is -2.33. The zero-order valence-electron chi connectivity index (χ0n) is 8.97. The average Bonchev–Trinajstić information content (AvgIpc) is 2.66. The predicted octanol–water partition coefficient (Wildman–Crippen LogP) is 2.65. The van der Waals surface area contributed by atoms with Crippen molar-refractivity contribution in [1.82, 2.24) is 4.90 Å². The van der Waals surface area contributed by atoms with Gasteiger partial charge in [-0.05, 0) is 25.7 Å². The molecule has 0 aliphatic heterocycles. The van der Waals surface area contributed by atoms with E-state index in [1.54, 1.807) is 0 Å². The molecule has 1 aliphatic rings. The van der Waals surface area contributed by atoms with Crippen molar-refractivity contribution in [2.24, 2.45) is 5.92 Å². The van der Waals surface area contributed by atoms with Crippen LogP contribution in [0.2, 0.25) is 0 Å². The minimum Gasteiger partial charge on any atom is -0.342 e. The molecule has 1 rings (SSSR count). The normalized spacial score (nSPS) is 17.3. The van der Waals surface area contributed by atoms with Crippen molar-refractivity contribution in [2.75, 3.05) is 19.0 Å². The molecule has 0 bridgehead atoms. The van der Waals surface area contributed by atoms with Gasteiger partial charge in [-0.25, -0.2) is 0 Å². The molecule has 0 saturated heterocycles. The van der Waals surface area contributed by atoms with E-state index in [-0.39, 0.29) is 0 Å². The van der Waals surface area contributed by atoms with E-state index in [4.69, 9.17) is 11.6 Å². The van der Waals surface area contributed by atoms with Gasteiger partial charge in [0.25, 0.3) is 0 Å². The van der Waals surface area contributed by atoms with Gasteiger partial charge in [-0.3, -0.25) is 4.79 Å². The van der Waals surface area contributed by atoms with Crippen LogP contribution in [-0.4, -0.2) is 29.8 Å². The summed E-state index contributed by atoms with van der Waals surface area (Å²) >= 11 is 5.64. The van der Waals surface area contributed by atoms with Gasteiger partial charge in [-0.1, -0.05) is 12.8 Å². The van der Waals surface area contributed by atoms with Crippen LogP contribution < -0.4 is 0 Å². The quantitative estimate of drug-likeness (QED) is 0.649. The van der Waals surface area contributed by atoms with Gasteiger partial charge in [-0.2, -0.15) is 0 Å². The molecule has 1 amide bonds. The van der Waals surface area contributed by atoms with Gasteiger partial charge in [-0.15, -0.1) is 11.6 Å². The van der Waals surface area contributed by atoms with Crippen LogP contribution in [0.5, 0.6) is 0 Å². The molecular formula is C11H20ClNO. The molecule has 0 unspecified atom stereocenters. The molecule has 14 heavy (non-hydrogen) atoms. The lowest BCUT2D eigenvalue weighted by Gasteiger charge is -2.21. The number of halogens is 1. The first-order chi connectivity index (χ1) is 6.77. The second-order valence-electron chi connectivity index (χ2n) is 4.02. The summed E-state index contributed by atoms with van der Waals surface area (Å²) in [5, 5.41) is 0. The minimum absolute atomic E-state index is 0.292. The first kappa shape index (κ1) is 11.8. The molecule has 0 aromatic heterocycles. The first-order valence-corrected chi connectivity index (χ1v) is 6.15. The second kappa shape index (κ2) is 6.28. The third-order valence-corrected chi connectivity index (χ3v) is 3.20. The highest BCUT2D eigenvalue weighted by Gasteiger charge is 2.20. The second-order valence-corrected chi connectivity index (χ2v) is 4.39. The summed E-state index contributed by atoms with van der Waals surface area (Å²) in [7, 11) is 0. The molecule has 0 spiro atoms. The third-order valence-electron chi connectivity index (χ3n) is 3.03. The Bertz CT molecular complexity index is 178. The van der Waals surface area contributed by atoms with Crippen molar-refractivity contribution in [3.63, 3.8) is 0 Å². The summed E-state index contributed by atoms with van der Waals surface area (Å²) in [6.45, 7) is 3.50. The van der Waals surface area contributed by atoms with Crippen molar-refractivity contribution in [2.45, 2.75) is 39.0 Å². The number of alkyl halides is 1. The van der Waals surface area contributed by atoms with E-state index in [1.165, 1.54) is 25.7 Å². The Labute approximate surface area is 91.6 Å². The standard InChI is InChI=1S/C11H20ClNO/c1-2-13(8-7-12)11(14)9-10-5-3-4-6-10/h10H,2-9H2,1H3. The van der Waals surface area contributed by atoms with Gasteiger partial charge < -0.3 is 4.90 Å². The number of carbonyl (C=O) groups excluding carboxylic acids is 1. The highest BCUT2D eigenvalue weighted by molar-refractivity contribution is 6.18. The molecule has 1 saturated carbocycles. The molecule has 0 heterocycles. The Morgan fingerprint density at radius 3 is 2.57 bits per heavy atom. The molecule has 1 fully saturated rings. The number of amides is 1. The third kappa shape index (κ3) is 3.49. The summed E-state index contributed by atoms with van der Waals surface area (Å²) in [5.74, 6) is 1.48. The number of rotatable bonds is 5. The number of hydrogen-bond donors (Lipinski definition) is 0. The first-order valence-electron chi connectivity index (χ1n) is 5.61. The van der Waals surface area contributed by atoms with E-state index in [2.05, 4.69) is 0 Å². The van der Waals surface area contributed by atoms with Crippen LogP contribution in [0.25, 0.3) is 0 Å². The Kier molecular flexibility index (Phi) is 5.31. The maximum absolute atomic E-state index is 11.8. The zero-order valence-corrected chi connectivity index (χ0v) is 9.72. The molecular weight excluding hydrogens is 198 g/mol. The maximum Gasteiger partial charge on any atom is 0.222 e. The minimum atomic E-state index is 0.292. The maximum atomic E-state index is 11.8. The summed E-state index contributed by atoms with van der Waals surface area (Å²) in [6, 6.07) is 0. The van der Waals surface area contributed by atoms with Crippen LogP contribution in [0, 0.1) is 5.92 Å². The van der Waals surface area contributed by atoms with Crippen LogP contribution in [0.4, 0.5) is 0 Å². The molecule has 3 heteroatoms. The highest BCUT2D eigenvalue weighted by atomic mass is 35.5. The van der Waals surface area contributed by atoms with Crippen LogP contribution >= 0.6 is 11.6 Å². The van der Waals surface area contributed by atoms with Crippen molar-refractivity contribution in [3.8, 4) is 0 Å². The fourth-order valence-corrected chi connectivity index (χ4v) is 2.36. The monoisotopic (exact) mass is 217 g/mol. The summed E-state index contributed by atoms with van der Waals surface area (Å²) in [4.78, 5) is 13.7. The molecule has 2 nitrogen and oxygen atoms in total. The molecule has 1 aliphatic carbocycles. The number of hydrogen-bond acceptors (Lipinski definition) is 1. The van der Waals surface area contributed by atoms with Crippen molar-refractivity contribution in [1.29, 1.82) is 0 Å². The molecule has 0 aromatic rings. The molecule has 82 valence electrons. The fourth-order valence-electron chi connectivity index (χ4n) is 2.15. The smallest absolute Gasteiger partial charge is 0.222 e. The molecule has 0 atom stereocenters. The predicted molar refractivity (Wildman–Crippen MR) is 59.5 cm³/mol. The van der Waals surface area contributed by atoms with Gasteiger partial charge in [0.05, 0.1) is 0 Å². The Morgan fingerprint density at radius 1 is 1.43 bits per heavy atom. The average molecular weight is 218 g/mol. The van der Waals surface area contributed by atoms with E-state index >= 15 is 0 Å². The SMILES string of the molecule is CCN(CCCl)C(=O)CC1CCCC1. The lowest BCUT2D eigenvalue weighted by atomic mass is 10.0. The van der Waals surface area contributed by atoms with E-state index in [0.29, 0.717) is 24.2 Å². The number of carbonyl (C=O) groups is 1. The highest BCUT2D eigenvalue weighted by Crippen LogP contribution is 2.27.